The first kappa shape index (κ1) is 56.9. The lowest BCUT2D eigenvalue weighted by molar-refractivity contribution is -0.359. The van der Waals surface area contributed by atoms with Gasteiger partial charge in [-0.2, -0.15) is 0 Å². The molecule has 12 unspecified atom stereocenters. The molecule has 2 rings (SSSR count). The monoisotopic (exact) mass is 890 g/mol. The van der Waals surface area contributed by atoms with Crippen molar-refractivity contribution in [1.82, 2.24) is 5.32 Å². The second-order valence-corrected chi connectivity index (χ2v) is 18.0. The van der Waals surface area contributed by atoms with Crippen molar-refractivity contribution in [2.24, 2.45) is 0 Å². The largest absolute Gasteiger partial charge is 0.394 e. The highest BCUT2D eigenvalue weighted by Crippen LogP contribution is 2.30. The van der Waals surface area contributed by atoms with Crippen LogP contribution in [0.2, 0.25) is 0 Å². The second-order valence-electron chi connectivity index (χ2n) is 18.0. The van der Waals surface area contributed by atoms with E-state index in [-0.39, 0.29) is 18.9 Å². The van der Waals surface area contributed by atoms with Crippen LogP contribution >= 0.6 is 0 Å². The molecule has 2 aliphatic heterocycles. The SMILES string of the molecule is CCCCCCCCCCCCCCCC/C=C/C(O)C(COC1OC(CO)C(OC2OC(CO)C(O)C(O)C2O)C(O)C1O)NC(=O)CCCCCCCCCCCCCC. The van der Waals surface area contributed by atoms with E-state index in [0.29, 0.717) is 6.42 Å². The molecule has 0 radical (unpaired) electrons. The molecule has 366 valence electrons. The van der Waals surface area contributed by atoms with Gasteiger partial charge in [0.05, 0.1) is 32.0 Å². The summed E-state index contributed by atoms with van der Waals surface area (Å²) in [5.74, 6) is -0.239. The number of ether oxygens (including phenoxy) is 4. The number of carbonyl (C=O) groups excluding carboxylic acids is 1. The van der Waals surface area contributed by atoms with Crippen LogP contribution in [-0.4, -0.2) is 140 Å². The molecule has 9 N–H and O–H groups in total. The van der Waals surface area contributed by atoms with Crippen molar-refractivity contribution in [3.8, 4) is 0 Å². The summed E-state index contributed by atoms with van der Waals surface area (Å²) < 4.78 is 22.7. The number of aliphatic hydroxyl groups excluding tert-OH is 8. The number of allylic oxidation sites excluding steroid dienone is 1. The highest BCUT2D eigenvalue weighted by molar-refractivity contribution is 5.76. The summed E-state index contributed by atoms with van der Waals surface area (Å²) in [4.78, 5) is 13.1. The summed E-state index contributed by atoms with van der Waals surface area (Å²) in [7, 11) is 0. The summed E-state index contributed by atoms with van der Waals surface area (Å²) in [5.41, 5.74) is 0. The highest BCUT2D eigenvalue weighted by Gasteiger charge is 2.51. The lowest BCUT2D eigenvalue weighted by atomic mass is 9.97. The first-order valence-corrected chi connectivity index (χ1v) is 24.9. The minimum Gasteiger partial charge on any atom is -0.394 e. The number of nitrogens with one attached hydrogen (secondary N) is 1. The van der Waals surface area contributed by atoms with Gasteiger partial charge in [0, 0.05) is 6.42 Å². The average Bonchev–Trinajstić information content (AvgIpc) is 3.27. The Labute approximate surface area is 374 Å². The summed E-state index contributed by atoms with van der Waals surface area (Å²) >= 11 is 0. The number of hydrogen-bond donors (Lipinski definition) is 9. The van der Waals surface area contributed by atoms with E-state index < -0.39 is 86.8 Å². The molecule has 2 saturated heterocycles. The Kier molecular flexibility index (Phi) is 32.9. The predicted molar refractivity (Wildman–Crippen MR) is 240 cm³/mol. The van der Waals surface area contributed by atoms with Gasteiger partial charge in [-0.25, -0.2) is 0 Å². The summed E-state index contributed by atoms with van der Waals surface area (Å²) in [5, 5.41) is 86.6. The van der Waals surface area contributed by atoms with Gasteiger partial charge in [0.1, 0.15) is 48.8 Å². The number of hydrogen-bond acceptors (Lipinski definition) is 13. The molecule has 0 aromatic heterocycles. The maximum atomic E-state index is 13.1. The summed E-state index contributed by atoms with van der Waals surface area (Å²) in [6.45, 7) is 2.78. The smallest absolute Gasteiger partial charge is 0.220 e. The van der Waals surface area contributed by atoms with Crippen LogP contribution in [0.5, 0.6) is 0 Å². The van der Waals surface area contributed by atoms with Crippen molar-refractivity contribution < 1.29 is 64.6 Å². The molecular formula is C48H91NO13. The molecule has 12 atom stereocenters. The van der Waals surface area contributed by atoms with E-state index in [2.05, 4.69) is 19.2 Å². The van der Waals surface area contributed by atoms with Crippen molar-refractivity contribution in [1.29, 1.82) is 0 Å². The predicted octanol–water partition coefficient (Wildman–Crippen LogP) is 5.99. The number of unbranched alkanes of at least 4 members (excludes halogenated alkanes) is 25. The van der Waals surface area contributed by atoms with Crippen LogP contribution in [0.4, 0.5) is 0 Å². The van der Waals surface area contributed by atoms with Gasteiger partial charge in [-0.1, -0.05) is 180 Å². The Morgan fingerprint density at radius 2 is 1.00 bits per heavy atom. The molecule has 2 fully saturated rings. The number of carbonyl (C=O) groups is 1. The molecule has 0 spiro atoms. The van der Waals surface area contributed by atoms with E-state index in [0.717, 1.165) is 38.5 Å². The van der Waals surface area contributed by atoms with Crippen molar-refractivity contribution in [2.75, 3.05) is 19.8 Å². The lowest BCUT2D eigenvalue weighted by Gasteiger charge is -2.46. The lowest BCUT2D eigenvalue weighted by Crippen LogP contribution is -2.65. The van der Waals surface area contributed by atoms with Crippen LogP contribution < -0.4 is 5.32 Å². The maximum absolute atomic E-state index is 13.1. The molecule has 0 aliphatic carbocycles. The van der Waals surface area contributed by atoms with Gasteiger partial charge < -0.3 is 65.1 Å². The normalized spacial score (nSPS) is 27.8. The third kappa shape index (κ3) is 23.3. The van der Waals surface area contributed by atoms with Gasteiger partial charge >= 0.3 is 0 Å². The van der Waals surface area contributed by atoms with Crippen molar-refractivity contribution in [3.05, 3.63) is 12.2 Å². The van der Waals surface area contributed by atoms with E-state index in [1.165, 1.54) is 128 Å². The molecule has 2 heterocycles. The third-order valence-corrected chi connectivity index (χ3v) is 12.5. The minimum atomic E-state index is -1.78. The quantitative estimate of drug-likeness (QED) is 0.0257. The molecule has 0 bridgehead atoms. The van der Waals surface area contributed by atoms with Gasteiger partial charge in [-0.3, -0.25) is 4.79 Å². The molecule has 14 nitrogen and oxygen atoms in total. The van der Waals surface area contributed by atoms with E-state index in [1.54, 1.807) is 6.08 Å². The third-order valence-electron chi connectivity index (χ3n) is 12.5. The Morgan fingerprint density at radius 3 is 1.48 bits per heavy atom. The van der Waals surface area contributed by atoms with Gasteiger partial charge in [0.15, 0.2) is 12.6 Å². The molecule has 2 aliphatic rings. The first-order valence-electron chi connectivity index (χ1n) is 24.9. The van der Waals surface area contributed by atoms with Crippen LogP contribution in [0.25, 0.3) is 0 Å². The Balaban J connectivity index is 1.87. The van der Waals surface area contributed by atoms with Gasteiger partial charge in [0.25, 0.3) is 0 Å². The fourth-order valence-corrected chi connectivity index (χ4v) is 8.35. The minimum absolute atomic E-state index is 0.239. The maximum Gasteiger partial charge on any atom is 0.220 e. The summed E-state index contributed by atoms with van der Waals surface area (Å²) in [6.07, 6.45) is 19.6. The van der Waals surface area contributed by atoms with Gasteiger partial charge in [-0.05, 0) is 19.3 Å². The summed E-state index contributed by atoms with van der Waals surface area (Å²) in [6, 6.07) is -0.906. The van der Waals surface area contributed by atoms with E-state index in [9.17, 15) is 45.6 Å². The number of rotatable bonds is 38. The molecule has 62 heavy (non-hydrogen) atoms. The number of amides is 1. The zero-order valence-electron chi connectivity index (χ0n) is 38.6. The number of aliphatic hydroxyl groups is 8. The fraction of sp³-hybridized carbons (Fsp3) is 0.938. The highest BCUT2D eigenvalue weighted by atomic mass is 16.7. The van der Waals surface area contributed by atoms with E-state index in [4.69, 9.17) is 18.9 Å². The van der Waals surface area contributed by atoms with Crippen molar-refractivity contribution in [3.63, 3.8) is 0 Å². The first-order chi connectivity index (χ1) is 30.1. The van der Waals surface area contributed by atoms with Crippen molar-refractivity contribution in [2.45, 2.75) is 267 Å². The van der Waals surface area contributed by atoms with Crippen LogP contribution in [-0.2, 0) is 23.7 Å². The van der Waals surface area contributed by atoms with Crippen LogP contribution in [0, 0.1) is 0 Å². The molecule has 0 aromatic rings. The second kappa shape index (κ2) is 35.9. The Hall–Kier alpha value is -1.27. The molecule has 0 saturated carbocycles. The van der Waals surface area contributed by atoms with Crippen molar-refractivity contribution >= 4 is 5.91 Å². The van der Waals surface area contributed by atoms with Crippen LogP contribution in [0.15, 0.2) is 12.2 Å². The van der Waals surface area contributed by atoms with E-state index in [1.807, 2.05) is 6.08 Å². The van der Waals surface area contributed by atoms with Gasteiger partial charge in [-0.15, -0.1) is 0 Å². The van der Waals surface area contributed by atoms with Crippen LogP contribution in [0.3, 0.4) is 0 Å². The molecule has 1 amide bonds. The zero-order valence-corrected chi connectivity index (χ0v) is 38.6. The van der Waals surface area contributed by atoms with E-state index >= 15 is 0 Å². The Bertz CT molecular complexity index is 1100. The molecule has 0 aromatic carbocycles. The average molecular weight is 890 g/mol. The molecular weight excluding hydrogens is 799 g/mol. The topological polar surface area (TPSA) is 228 Å². The zero-order chi connectivity index (χ0) is 45.4. The standard InChI is InChI=1S/C48H91NO13/c1-3-5-7-9-11-13-15-17-18-19-20-21-23-25-27-29-31-37(52)36(49-40(53)32-30-28-26-24-22-16-14-12-10-8-6-4-2)35-59-47-45(58)43(56)46(39(34-51)61-47)62-48-44(57)42(55)41(54)38(33-50)60-48/h29,31,36-39,41-48,50-52,54-58H,3-28,30,32-35H2,1-2H3,(H,49,53)/b31-29+. The Morgan fingerprint density at radius 1 is 0.565 bits per heavy atom. The van der Waals surface area contributed by atoms with Gasteiger partial charge in [0.2, 0.25) is 5.91 Å². The van der Waals surface area contributed by atoms with Crippen LogP contribution in [0.1, 0.15) is 194 Å². The molecule has 14 heteroatoms. The fourth-order valence-electron chi connectivity index (χ4n) is 8.35.